The third-order valence-corrected chi connectivity index (χ3v) is 4.03. The number of thiazole rings is 1. The molecule has 0 aliphatic carbocycles. The average Bonchev–Trinajstić information content (AvgIpc) is 2.88. The van der Waals surface area contributed by atoms with E-state index in [2.05, 4.69) is 31.0 Å². The van der Waals surface area contributed by atoms with Gasteiger partial charge in [-0.25, -0.2) is 9.37 Å². The van der Waals surface area contributed by atoms with Crippen molar-refractivity contribution in [3.8, 4) is 0 Å². The van der Waals surface area contributed by atoms with Gasteiger partial charge < -0.3 is 10.1 Å². The van der Waals surface area contributed by atoms with Crippen LogP contribution >= 0.6 is 27.3 Å². The van der Waals surface area contributed by atoms with Gasteiger partial charge in [-0.3, -0.25) is 4.79 Å². The number of halogens is 2. The summed E-state index contributed by atoms with van der Waals surface area (Å²) in [4.78, 5) is 15.4. The Labute approximate surface area is 128 Å². The second kappa shape index (κ2) is 6.81. The van der Waals surface area contributed by atoms with Crippen LogP contribution in [0.4, 0.5) is 15.2 Å². The Morgan fingerprint density at radius 1 is 1.55 bits per heavy atom. The maximum absolute atomic E-state index is 13.7. The van der Waals surface area contributed by atoms with Gasteiger partial charge in [0.15, 0.2) is 5.13 Å². The topological polar surface area (TPSA) is 51.2 Å². The van der Waals surface area contributed by atoms with Gasteiger partial charge in [-0.2, -0.15) is 0 Å². The van der Waals surface area contributed by atoms with E-state index in [0.717, 1.165) is 5.69 Å². The molecule has 4 nitrogen and oxygen atoms in total. The molecule has 0 amide bonds. The number of aryl methyl sites for hydroxylation is 1. The first-order valence-electron chi connectivity index (χ1n) is 5.82. The zero-order valence-electron chi connectivity index (χ0n) is 10.7. The van der Waals surface area contributed by atoms with E-state index in [-0.39, 0.29) is 18.2 Å². The fourth-order valence-electron chi connectivity index (χ4n) is 1.54. The van der Waals surface area contributed by atoms with Crippen molar-refractivity contribution in [2.24, 2.45) is 0 Å². The van der Waals surface area contributed by atoms with Crippen molar-refractivity contribution in [1.82, 2.24) is 4.98 Å². The van der Waals surface area contributed by atoms with Crippen LogP contribution in [0.15, 0.2) is 28.1 Å². The van der Waals surface area contributed by atoms with Crippen LogP contribution in [0.1, 0.15) is 12.1 Å². The predicted molar refractivity (Wildman–Crippen MR) is 79.8 cm³/mol. The number of hydrogen-bond acceptors (Lipinski definition) is 5. The van der Waals surface area contributed by atoms with E-state index in [1.165, 1.54) is 24.5 Å². The number of carbonyl (C=O) groups excluding carboxylic acids is 1. The van der Waals surface area contributed by atoms with Crippen molar-refractivity contribution in [2.45, 2.75) is 12.8 Å². The monoisotopic (exact) mass is 358 g/mol. The number of rotatable bonds is 5. The molecule has 1 N–H and O–H groups in total. The number of benzene rings is 1. The van der Waals surface area contributed by atoms with Gasteiger partial charge in [-0.1, -0.05) is 6.07 Å². The van der Waals surface area contributed by atoms with Gasteiger partial charge in [0, 0.05) is 16.3 Å². The zero-order valence-corrected chi connectivity index (χ0v) is 13.1. The molecule has 0 saturated heterocycles. The van der Waals surface area contributed by atoms with Crippen LogP contribution in [0, 0.1) is 5.82 Å². The molecule has 1 aromatic carbocycles. The Kier molecular flexibility index (Phi) is 5.08. The first kappa shape index (κ1) is 14.9. The molecule has 106 valence electrons. The second-order valence-corrected chi connectivity index (χ2v) is 5.65. The maximum Gasteiger partial charge on any atom is 0.305 e. The number of methoxy groups -OCH3 is 1. The molecule has 7 heteroatoms. The highest BCUT2D eigenvalue weighted by Gasteiger charge is 2.10. The summed E-state index contributed by atoms with van der Waals surface area (Å²) in [6.07, 6.45) is 0.784. The average molecular weight is 359 g/mol. The number of ether oxygens (including phenoxy) is 1. The third kappa shape index (κ3) is 3.77. The van der Waals surface area contributed by atoms with Crippen LogP contribution in [-0.2, 0) is 16.0 Å². The molecule has 1 heterocycles. The number of esters is 1. The van der Waals surface area contributed by atoms with Crippen LogP contribution < -0.4 is 5.32 Å². The van der Waals surface area contributed by atoms with Gasteiger partial charge in [0.05, 0.1) is 24.9 Å². The van der Waals surface area contributed by atoms with Crippen LogP contribution in [0.2, 0.25) is 0 Å². The summed E-state index contributed by atoms with van der Waals surface area (Å²) < 4.78 is 18.9. The van der Waals surface area contributed by atoms with Gasteiger partial charge in [0.1, 0.15) is 5.82 Å². The Morgan fingerprint density at radius 2 is 2.35 bits per heavy atom. The lowest BCUT2D eigenvalue weighted by Crippen LogP contribution is -2.02. The van der Waals surface area contributed by atoms with E-state index < -0.39 is 0 Å². The van der Waals surface area contributed by atoms with E-state index in [0.29, 0.717) is 21.7 Å². The molecule has 0 spiro atoms. The zero-order chi connectivity index (χ0) is 14.5. The van der Waals surface area contributed by atoms with E-state index in [1.807, 2.05) is 5.38 Å². The smallest absolute Gasteiger partial charge is 0.305 e. The standard InChI is InChI=1S/C13H12BrFN2O2S/c1-19-11(18)6-5-8-7-20-13(16-8)17-12-9(14)3-2-4-10(12)15/h2-4,7H,5-6H2,1H3,(H,16,17). The van der Waals surface area contributed by atoms with E-state index >= 15 is 0 Å². The Morgan fingerprint density at radius 3 is 3.05 bits per heavy atom. The van der Waals surface area contributed by atoms with Crippen LogP contribution in [-0.4, -0.2) is 18.1 Å². The van der Waals surface area contributed by atoms with Crippen molar-refractivity contribution in [1.29, 1.82) is 0 Å². The molecular formula is C13H12BrFN2O2S. The molecule has 0 radical (unpaired) electrons. The minimum atomic E-state index is -0.356. The summed E-state index contributed by atoms with van der Waals surface area (Å²) in [5.41, 5.74) is 1.12. The normalized spacial score (nSPS) is 10.3. The van der Waals surface area contributed by atoms with Crippen LogP contribution in [0.25, 0.3) is 0 Å². The molecule has 2 rings (SSSR count). The van der Waals surface area contributed by atoms with Gasteiger partial charge in [0.25, 0.3) is 0 Å². The SMILES string of the molecule is COC(=O)CCc1csc(Nc2c(F)cccc2Br)n1. The minimum absolute atomic E-state index is 0.274. The fraction of sp³-hybridized carbons (Fsp3) is 0.231. The summed E-state index contributed by atoms with van der Waals surface area (Å²) in [6.45, 7) is 0. The third-order valence-electron chi connectivity index (χ3n) is 2.56. The van der Waals surface area contributed by atoms with Crippen molar-refractivity contribution in [2.75, 3.05) is 12.4 Å². The van der Waals surface area contributed by atoms with Crippen LogP contribution in [0.3, 0.4) is 0 Å². The first-order chi connectivity index (χ1) is 9.60. The van der Waals surface area contributed by atoms with E-state index in [4.69, 9.17) is 0 Å². The molecule has 0 aliphatic heterocycles. The number of nitrogens with zero attached hydrogens (tertiary/aromatic N) is 1. The molecule has 0 atom stereocenters. The second-order valence-electron chi connectivity index (χ2n) is 3.94. The van der Waals surface area contributed by atoms with Gasteiger partial charge in [-0.05, 0) is 28.1 Å². The number of anilines is 2. The number of nitrogens with one attached hydrogen (secondary N) is 1. The molecule has 0 fully saturated rings. The van der Waals surface area contributed by atoms with Crippen LogP contribution in [0.5, 0.6) is 0 Å². The lowest BCUT2D eigenvalue weighted by Gasteiger charge is -2.06. The molecule has 20 heavy (non-hydrogen) atoms. The summed E-state index contributed by atoms with van der Waals surface area (Å²) >= 11 is 4.64. The lowest BCUT2D eigenvalue weighted by molar-refractivity contribution is -0.140. The number of para-hydroxylation sites is 1. The van der Waals surface area contributed by atoms with Gasteiger partial charge in [0.2, 0.25) is 0 Å². The van der Waals surface area contributed by atoms with Crippen molar-refractivity contribution >= 4 is 44.1 Å². The summed E-state index contributed by atoms with van der Waals surface area (Å²) in [5.74, 6) is -0.630. The maximum atomic E-state index is 13.7. The highest BCUT2D eigenvalue weighted by Crippen LogP contribution is 2.30. The first-order valence-corrected chi connectivity index (χ1v) is 7.49. The molecule has 0 bridgehead atoms. The Balaban J connectivity index is 2.04. The fourth-order valence-corrected chi connectivity index (χ4v) is 2.73. The minimum Gasteiger partial charge on any atom is -0.469 e. The molecular weight excluding hydrogens is 347 g/mol. The summed E-state index contributed by atoms with van der Waals surface area (Å²) in [6, 6.07) is 4.74. The van der Waals surface area contributed by atoms with Crippen molar-refractivity contribution < 1.29 is 13.9 Å². The van der Waals surface area contributed by atoms with Gasteiger partial charge >= 0.3 is 5.97 Å². The molecule has 0 saturated carbocycles. The highest BCUT2D eigenvalue weighted by atomic mass is 79.9. The molecule has 0 unspecified atom stereocenters. The summed E-state index contributed by atoms with van der Waals surface area (Å²) in [5, 5.41) is 5.34. The molecule has 1 aromatic heterocycles. The quantitative estimate of drug-likeness (QED) is 0.823. The Bertz CT molecular complexity index is 598. The van der Waals surface area contributed by atoms with E-state index in [9.17, 15) is 9.18 Å². The predicted octanol–water partition coefficient (Wildman–Crippen LogP) is 3.89. The van der Waals surface area contributed by atoms with Gasteiger partial charge in [-0.15, -0.1) is 11.3 Å². The molecule has 2 aromatic rings. The Hall–Kier alpha value is -1.47. The van der Waals surface area contributed by atoms with E-state index in [1.54, 1.807) is 12.1 Å². The summed E-state index contributed by atoms with van der Waals surface area (Å²) in [7, 11) is 1.35. The lowest BCUT2D eigenvalue weighted by atomic mass is 10.2. The number of carbonyl (C=O) groups is 1. The number of aromatic nitrogens is 1. The molecule has 0 aliphatic rings. The van der Waals surface area contributed by atoms with Crippen molar-refractivity contribution in [3.05, 3.63) is 39.6 Å². The highest BCUT2D eigenvalue weighted by molar-refractivity contribution is 9.10. The number of hydrogen-bond donors (Lipinski definition) is 1. The largest absolute Gasteiger partial charge is 0.469 e. The van der Waals surface area contributed by atoms with Crippen molar-refractivity contribution in [3.63, 3.8) is 0 Å².